The molecule has 0 fully saturated rings. The minimum absolute atomic E-state index is 0.108. The van der Waals surface area contributed by atoms with E-state index in [9.17, 15) is 0 Å². The lowest BCUT2D eigenvalue weighted by Crippen LogP contribution is -2.12. The van der Waals surface area contributed by atoms with Crippen LogP contribution in [0.3, 0.4) is 0 Å². The van der Waals surface area contributed by atoms with Crippen molar-refractivity contribution >= 4 is 17.6 Å². The van der Waals surface area contributed by atoms with Gasteiger partial charge in [0.2, 0.25) is 0 Å². The summed E-state index contributed by atoms with van der Waals surface area (Å²) in [4.78, 5) is 4.01. The van der Waals surface area contributed by atoms with E-state index in [-0.39, 0.29) is 5.84 Å². The van der Waals surface area contributed by atoms with Gasteiger partial charge in [-0.05, 0) is 5.56 Å². The van der Waals surface area contributed by atoms with E-state index >= 15 is 0 Å². The Morgan fingerprint density at radius 2 is 2.18 bits per heavy atom. The van der Waals surface area contributed by atoms with E-state index < -0.39 is 0 Å². The van der Waals surface area contributed by atoms with Gasteiger partial charge < -0.3 is 15.4 Å². The molecule has 0 aliphatic heterocycles. The summed E-state index contributed by atoms with van der Waals surface area (Å²) in [5.74, 6) is 0.869. The first-order chi connectivity index (χ1) is 8.29. The summed E-state index contributed by atoms with van der Waals surface area (Å²) in [7, 11) is 0. The third kappa shape index (κ3) is 3.01. The second-order valence-corrected chi connectivity index (χ2v) is 4.20. The second-order valence-electron chi connectivity index (χ2n) is 3.27. The molecular formula is C11H11N3O2S. The molecule has 88 valence electrons. The van der Waals surface area contributed by atoms with E-state index in [1.165, 1.54) is 11.8 Å². The Morgan fingerprint density at radius 1 is 1.41 bits per heavy atom. The van der Waals surface area contributed by atoms with E-state index in [4.69, 9.17) is 15.4 Å². The topological polar surface area (TPSA) is 84.6 Å². The third-order valence-corrected chi connectivity index (χ3v) is 3.06. The first-order valence-electron chi connectivity index (χ1n) is 4.88. The third-order valence-electron chi connectivity index (χ3n) is 2.13. The molecule has 5 nitrogen and oxygen atoms in total. The van der Waals surface area contributed by atoms with Crippen molar-refractivity contribution in [3.8, 4) is 0 Å². The van der Waals surface area contributed by atoms with Gasteiger partial charge in [0.05, 0.1) is 6.20 Å². The van der Waals surface area contributed by atoms with Crippen LogP contribution in [0.15, 0.2) is 51.5 Å². The van der Waals surface area contributed by atoms with Gasteiger partial charge in [0.25, 0.3) is 5.22 Å². The number of aromatic nitrogens is 1. The largest absolute Gasteiger partial charge is 0.440 e. The molecule has 0 saturated carbocycles. The van der Waals surface area contributed by atoms with Crippen LogP contribution < -0.4 is 5.73 Å². The van der Waals surface area contributed by atoms with Crippen LogP contribution in [0.1, 0.15) is 11.1 Å². The van der Waals surface area contributed by atoms with Crippen molar-refractivity contribution < 1.29 is 9.62 Å². The van der Waals surface area contributed by atoms with Gasteiger partial charge in [0, 0.05) is 11.3 Å². The van der Waals surface area contributed by atoms with E-state index in [1.807, 2.05) is 12.1 Å². The summed E-state index contributed by atoms with van der Waals surface area (Å²) in [5.41, 5.74) is 7.27. The smallest absolute Gasteiger partial charge is 0.255 e. The standard InChI is InChI=1S/C11H11N3O2S/c12-10(14-15)9-3-1-8(2-4-9)7-17-11-13-5-6-16-11/h1-6,15H,7H2,(H2,12,14). The van der Waals surface area contributed by atoms with Crippen LogP contribution in [0.2, 0.25) is 0 Å². The maximum atomic E-state index is 8.52. The van der Waals surface area contributed by atoms with Crippen LogP contribution in [0, 0.1) is 0 Å². The van der Waals surface area contributed by atoms with Gasteiger partial charge in [-0.1, -0.05) is 41.2 Å². The number of rotatable bonds is 4. The molecule has 0 unspecified atom stereocenters. The van der Waals surface area contributed by atoms with Crippen LogP contribution in [-0.2, 0) is 5.75 Å². The maximum absolute atomic E-state index is 8.52. The minimum Gasteiger partial charge on any atom is -0.440 e. The monoisotopic (exact) mass is 249 g/mol. The van der Waals surface area contributed by atoms with Crippen molar-refractivity contribution in [2.75, 3.05) is 0 Å². The van der Waals surface area contributed by atoms with Gasteiger partial charge in [0.15, 0.2) is 5.84 Å². The molecule has 1 aromatic heterocycles. The number of hydrogen-bond donors (Lipinski definition) is 2. The van der Waals surface area contributed by atoms with Gasteiger partial charge in [-0.3, -0.25) is 0 Å². The molecule has 0 atom stereocenters. The van der Waals surface area contributed by atoms with Gasteiger partial charge >= 0.3 is 0 Å². The average molecular weight is 249 g/mol. The van der Waals surface area contributed by atoms with Gasteiger partial charge in [0.1, 0.15) is 6.26 Å². The molecule has 1 heterocycles. The molecule has 0 radical (unpaired) electrons. The highest BCUT2D eigenvalue weighted by Crippen LogP contribution is 2.20. The molecule has 0 bridgehead atoms. The van der Waals surface area contributed by atoms with Gasteiger partial charge in [-0.15, -0.1) is 0 Å². The zero-order chi connectivity index (χ0) is 12.1. The maximum Gasteiger partial charge on any atom is 0.255 e. The molecule has 2 aromatic rings. The fourth-order valence-corrected chi connectivity index (χ4v) is 2.00. The molecule has 17 heavy (non-hydrogen) atoms. The highest BCUT2D eigenvalue weighted by molar-refractivity contribution is 7.98. The summed E-state index contributed by atoms with van der Waals surface area (Å²) in [5, 5.41) is 12.1. The summed E-state index contributed by atoms with van der Waals surface area (Å²) in [6.45, 7) is 0. The number of hydrogen-bond acceptors (Lipinski definition) is 5. The fourth-order valence-electron chi connectivity index (χ4n) is 1.26. The quantitative estimate of drug-likeness (QED) is 0.285. The van der Waals surface area contributed by atoms with Gasteiger partial charge in [-0.25, -0.2) is 4.98 Å². The summed E-state index contributed by atoms with van der Waals surface area (Å²) in [6.07, 6.45) is 3.16. The summed E-state index contributed by atoms with van der Waals surface area (Å²) in [6, 6.07) is 7.45. The van der Waals surface area contributed by atoms with Crippen molar-refractivity contribution in [1.82, 2.24) is 4.98 Å². The predicted molar refractivity (Wildman–Crippen MR) is 65.0 cm³/mol. The first kappa shape index (κ1) is 11.5. The van der Waals surface area contributed by atoms with E-state index in [0.717, 1.165) is 11.3 Å². The second kappa shape index (κ2) is 5.40. The van der Waals surface area contributed by atoms with E-state index in [1.54, 1.807) is 24.6 Å². The average Bonchev–Trinajstić information content (AvgIpc) is 2.89. The molecule has 3 N–H and O–H groups in total. The molecule has 0 aliphatic rings. The van der Waals surface area contributed by atoms with Crippen molar-refractivity contribution in [2.24, 2.45) is 10.9 Å². The highest BCUT2D eigenvalue weighted by atomic mass is 32.2. The van der Waals surface area contributed by atoms with Crippen LogP contribution >= 0.6 is 11.8 Å². The minimum atomic E-state index is 0.108. The molecule has 0 saturated heterocycles. The summed E-state index contributed by atoms with van der Waals surface area (Å²) < 4.78 is 5.11. The number of nitrogens with zero attached hydrogens (tertiary/aromatic N) is 2. The molecule has 2 rings (SSSR count). The Balaban J connectivity index is 1.99. The lowest BCUT2D eigenvalue weighted by atomic mass is 10.1. The zero-order valence-electron chi connectivity index (χ0n) is 8.91. The molecule has 0 spiro atoms. The highest BCUT2D eigenvalue weighted by Gasteiger charge is 2.02. The van der Waals surface area contributed by atoms with E-state index in [0.29, 0.717) is 10.8 Å². The lowest BCUT2D eigenvalue weighted by Gasteiger charge is -2.01. The number of benzene rings is 1. The normalized spacial score (nSPS) is 11.6. The Labute approximate surface area is 102 Å². The SMILES string of the molecule is N/C(=N/O)c1ccc(CSc2ncco2)cc1. The molecule has 1 aromatic carbocycles. The number of thioether (sulfide) groups is 1. The van der Waals surface area contributed by atoms with Crippen molar-refractivity contribution in [3.05, 3.63) is 47.9 Å². The summed E-state index contributed by atoms with van der Waals surface area (Å²) >= 11 is 1.51. The number of nitrogens with two attached hydrogens (primary N) is 1. The number of oxime groups is 1. The number of oxazole rings is 1. The Bertz CT molecular complexity index is 494. The molecular weight excluding hydrogens is 238 g/mol. The van der Waals surface area contributed by atoms with E-state index in [2.05, 4.69) is 10.1 Å². The lowest BCUT2D eigenvalue weighted by molar-refractivity contribution is 0.318. The number of amidine groups is 1. The zero-order valence-corrected chi connectivity index (χ0v) is 9.72. The Morgan fingerprint density at radius 3 is 2.76 bits per heavy atom. The van der Waals surface area contributed by atoms with Crippen molar-refractivity contribution in [3.63, 3.8) is 0 Å². The van der Waals surface area contributed by atoms with Crippen molar-refractivity contribution in [2.45, 2.75) is 11.0 Å². The van der Waals surface area contributed by atoms with Crippen LogP contribution in [0.25, 0.3) is 0 Å². The first-order valence-corrected chi connectivity index (χ1v) is 5.87. The van der Waals surface area contributed by atoms with Crippen LogP contribution in [-0.4, -0.2) is 16.0 Å². The predicted octanol–water partition coefficient (Wildman–Crippen LogP) is 2.06. The van der Waals surface area contributed by atoms with Crippen LogP contribution in [0.4, 0.5) is 0 Å². The molecule has 0 aliphatic carbocycles. The van der Waals surface area contributed by atoms with Crippen LogP contribution in [0.5, 0.6) is 0 Å². The molecule has 0 amide bonds. The fraction of sp³-hybridized carbons (Fsp3) is 0.0909. The Kier molecular flexibility index (Phi) is 3.66. The van der Waals surface area contributed by atoms with Gasteiger partial charge in [-0.2, -0.15) is 0 Å². The molecule has 6 heteroatoms. The Hall–Kier alpha value is -1.95. The van der Waals surface area contributed by atoms with Crippen molar-refractivity contribution in [1.29, 1.82) is 0 Å².